The van der Waals surface area contributed by atoms with Gasteiger partial charge in [-0.3, -0.25) is 14.5 Å². The molecule has 6 nitrogen and oxygen atoms in total. The maximum Gasteiger partial charge on any atom is 0.238 e. The molecule has 0 aliphatic rings. The van der Waals surface area contributed by atoms with Gasteiger partial charge in [0.25, 0.3) is 0 Å². The molecule has 0 aliphatic heterocycles. The molecule has 0 spiro atoms. The Hall–Kier alpha value is -1.92. The van der Waals surface area contributed by atoms with Gasteiger partial charge in [0.1, 0.15) is 0 Å². The number of anilines is 1. The molecule has 0 bridgehead atoms. The van der Waals surface area contributed by atoms with Crippen LogP contribution in [0.5, 0.6) is 0 Å². The molecular weight excluding hydrogens is 268 g/mol. The van der Waals surface area contributed by atoms with Crippen molar-refractivity contribution in [3.63, 3.8) is 0 Å². The van der Waals surface area contributed by atoms with E-state index >= 15 is 0 Å². The Balaban J connectivity index is 2.56. The van der Waals surface area contributed by atoms with Crippen LogP contribution in [-0.4, -0.2) is 55.3 Å². The van der Waals surface area contributed by atoms with Crippen LogP contribution in [0.15, 0.2) is 24.3 Å². The summed E-state index contributed by atoms with van der Waals surface area (Å²) in [6, 6.07) is 7.42. The average Bonchev–Trinajstić information content (AvgIpc) is 2.46. The highest BCUT2D eigenvalue weighted by atomic mass is 16.2. The molecule has 0 radical (unpaired) electrons. The Morgan fingerprint density at radius 2 is 1.95 bits per heavy atom. The third-order valence-electron chi connectivity index (χ3n) is 3.12. The second-order valence-electron chi connectivity index (χ2n) is 5.04. The van der Waals surface area contributed by atoms with E-state index in [4.69, 9.17) is 5.73 Å². The van der Waals surface area contributed by atoms with E-state index in [2.05, 4.69) is 5.32 Å². The molecule has 0 saturated heterocycles. The van der Waals surface area contributed by atoms with Crippen molar-refractivity contribution >= 4 is 17.5 Å². The summed E-state index contributed by atoms with van der Waals surface area (Å²) in [5, 5.41) is 2.82. The summed E-state index contributed by atoms with van der Waals surface area (Å²) in [5.74, 6) is -0.160. The van der Waals surface area contributed by atoms with E-state index in [1.807, 2.05) is 31.2 Å². The van der Waals surface area contributed by atoms with Crippen molar-refractivity contribution in [1.82, 2.24) is 9.80 Å². The standard InChI is InChI=1S/C15H24N4O2/c1-4-19(11-15(21)18(2)3)10-14(20)17-13-7-5-6-12(8-13)9-16/h5-8H,4,9-11,16H2,1-3H3,(H,17,20). The maximum absolute atomic E-state index is 12.0. The highest BCUT2D eigenvalue weighted by Gasteiger charge is 2.14. The lowest BCUT2D eigenvalue weighted by molar-refractivity contribution is -0.130. The van der Waals surface area contributed by atoms with Gasteiger partial charge in [-0.1, -0.05) is 19.1 Å². The first-order chi connectivity index (χ1) is 9.96. The van der Waals surface area contributed by atoms with Crippen LogP contribution in [0, 0.1) is 0 Å². The molecule has 3 N–H and O–H groups in total. The highest BCUT2D eigenvalue weighted by Crippen LogP contribution is 2.10. The monoisotopic (exact) mass is 292 g/mol. The van der Waals surface area contributed by atoms with Crippen molar-refractivity contribution in [3.8, 4) is 0 Å². The quantitative estimate of drug-likeness (QED) is 0.767. The van der Waals surface area contributed by atoms with Gasteiger partial charge in [0.05, 0.1) is 13.1 Å². The van der Waals surface area contributed by atoms with Crippen molar-refractivity contribution in [2.45, 2.75) is 13.5 Å². The number of benzene rings is 1. The molecular formula is C15H24N4O2. The number of likely N-dealkylation sites (N-methyl/N-ethyl adjacent to an activating group) is 2. The van der Waals surface area contributed by atoms with Gasteiger partial charge in [-0.2, -0.15) is 0 Å². The lowest BCUT2D eigenvalue weighted by atomic mass is 10.2. The van der Waals surface area contributed by atoms with Crippen molar-refractivity contribution in [3.05, 3.63) is 29.8 Å². The molecule has 1 aromatic carbocycles. The Kier molecular flexibility index (Phi) is 6.84. The van der Waals surface area contributed by atoms with Gasteiger partial charge in [0.2, 0.25) is 11.8 Å². The van der Waals surface area contributed by atoms with Gasteiger partial charge < -0.3 is 16.0 Å². The largest absolute Gasteiger partial charge is 0.348 e. The second-order valence-corrected chi connectivity index (χ2v) is 5.04. The van der Waals surface area contributed by atoms with Crippen LogP contribution < -0.4 is 11.1 Å². The van der Waals surface area contributed by atoms with E-state index in [1.165, 1.54) is 4.90 Å². The summed E-state index contributed by atoms with van der Waals surface area (Å²) < 4.78 is 0. The highest BCUT2D eigenvalue weighted by molar-refractivity contribution is 5.92. The number of carbonyl (C=O) groups is 2. The van der Waals surface area contributed by atoms with E-state index < -0.39 is 0 Å². The first-order valence-corrected chi connectivity index (χ1v) is 6.97. The third kappa shape index (κ3) is 5.93. The Labute approximate surface area is 125 Å². The molecule has 0 heterocycles. The summed E-state index contributed by atoms with van der Waals surface area (Å²) in [4.78, 5) is 27.0. The van der Waals surface area contributed by atoms with Crippen LogP contribution in [-0.2, 0) is 16.1 Å². The van der Waals surface area contributed by atoms with E-state index in [-0.39, 0.29) is 24.9 Å². The maximum atomic E-state index is 12.0. The number of amides is 2. The topological polar surface area (TPSA) is 78.7 Å². The fourth-order valence-electron chi connectivity index (χ4n) is 1.79. The molecule has 2 amide bonds. The van der Waals surface area contributed by atoms with Crippen LogP contribution in [0.2, 0.25) is 0 Å². The predicted molar refractivity (Wildman–Crippen MR) is 83.8 cm³/mol. The number of hydrogen-bond acceptors (Lipinski definition) is 4. The minimum Gasteiger partial charge on any atom is -0.348 e. The van der Waals surface area contributed by atoms with E-state index in [1.54, 1.807) is 19.0 Å². The van der Waals surface area contributed by atoms with Gasteiger partial charge in [-0.15, -0.1) is 0 Å². The zero-order chi connectivity index (χ0) is 15.8. The number of hydrogen-bond donors (Lipinski definition) is 2. The summed E-state index contributed by atoms with van der Waals surface area (Å²) in [6.45, 7) is 3.41. The number of nitrogens with two attached hydrogens (primary N) is 1. The predicted octanol–water partition coefficient (Wildman–Crippen LogP) is 0.494. The van der Waals surface area contributed by atoms with Gasteiger partial charge in [0, 0.05) is 26.3 Å². The number of carbonyl (C=O) groups excluding carboxylic acids is 2. The van der Waals surface area contributed by atoms with Gasteiger partial charge in [-0.05, 0) is 24.2 Å². The van der Waals surface area contributed by atoms with Crippen LogP contribution in [0.1, 0.15) is 12.5 Å². The van der Waals surface area contributed by atoms with E-state index in [0.29, 0.717) is 13.1 Å². The zero-order valence-electron chi connectivity index (χ0n) is 12.9. The molecule has 116 valence electrons. The lowest BCUT2D eigenvalue weighted by Crippen LogP contribution is -2.40. The molecule has 0 saturated carbocycles. The summed E-state index contributed by atoms with van der Waals surface area (Å²) >= 11 is 0. The summed E-state index contributed by atoms with van der Waals surface area (Å²) in [6.07, 6.45) is 0. The lowest BCUT2D eigenvalue weighted by Gasteiger charge is -2.21. The molecule has 6 heteroatoms. The molecule has 0 aromatic heterocycles. The molecule has 0 aliphatic carbocycles. The smallest absolute Gasteiger partial charge is 0.238 e. The first-order valence-electron chi connectivity index (χ1n) is 6.97. The fraction of sp³-hybridized carbons (Fsp3) is 0.467. The Morgan fingerprint density at radius 1 is 1.24 bits per heavy atom. The molecule has 0 fully saturated rings. The van der Waals surface area contributed by atoms with E-state index in [0.717, 1.165) is 11.3 Å². The van der Waals surface area contributed by atoms with Gasteiger partial charge in [0.15, 0.2) is 0 Å². The minimum absolute atomic E-state index is 0.0187. The van der Waals surface area contributed by atoms with Crippen molar-refractivity contribution in [1.29, 1.82) is 0 Å². The first kappa shape index (κ1) is 17.1. The van der Waals surface area contributed by atoms with Crippen molar-refractivity contribution in [2.75, 3.05) is 39.0 Å². The molecule has 0 unspecified atom stereocenters. The molecule has 21 heavy (non-hydrogen) atoms. The Bertz CT molecular complexity index is 488. The molecule has 0 atom stereocenters. The number of rotatable bonds is 7. The van der Waals surface area contributed by atoms with Crippen molar-refractivity contribution < 1.29 is 9.59 Å². The van der Waals surface area contributed by atoms with Crippen LogP contribution in [0.4, 0.5) is 5.69 Å². The van der Waals surface area contributed by atoms with Crippen molar-refractivity contribution in [2.24, 2.45) is 5.73 Å². The van der Waals surface area contributed by atoms with Crippen LogP contribution in [0.25, 0.3) is 0 Å². The minimum atomic E-state index is -0.141. The van der Waals surface area contributed by atoms with E-state index in [9.17, 15) is 9.59 Å². The van der Waals surface area contributed by atoms with Crippen LogP contribution in [0.3, 0.4) is 0 Å². The SMILES string of the molecule is CCN(CC(=O)Nc1cccc(CN)c1)CC(=O)N(C)C. The number of nitrogens with one attached hydrogen (secondary N) is 1. The zero-order valence-corrected chi connectivity index (χ0v) is 12.9. The fourth-order valence-corrected chi connectivity index (χ4v) is 1.79. The molecule has 1 rings (SSSR count). The van der Waals surface area contributed by atoms with Gasteiger partial charge in [-0.25, -0.2) is 0 Å². The molecule has 1 aromatic rings. The third-order valence-corrected chi connectivity index (χ3v) is 3.12. The second kappa shape index (κ2) is 8.39. The summed E-state index contributed by atoms with van der Waals surface area (Å²) in [7, 11) is 3.41. The van der Waals surface area contributed by atoms with Crippen LogP contribution >= 0.6 is 0 Å². The Morgan fingerprint density at radius 3 is 2.52 bits per heavy atom. The number of nitrogens with zero attached hydrogens (tertiary/aromatic N) is 2. The summed E-state index contributed by atoms with van der Waals surface area (Å²) in [5.41, 5.74) is 7.25. The average molecular weight is 292 g/mol. The van der Waals surface area contributed by atoms with Gasteiger partial charge >= 0.3 is 0 Å². The normalized spacial score (nSPS) is 10.5.